The predicted molar refractivity (Wildman–Crippen MR) is 138 cm³/mol. The number of amides is 4. The van der Waals surface area contributed by atoms with Gasteiger partial charge in [-0.05, 0) is 36.3 Å². The Labute approximate surface area is 215 Å². The molecular weight excluding hydrogens is 486 g/mol. The van der Waals surface area contributed by atoms with Gasteiger partial charge in [-0.3, -0.25) is 19.2 Å². The van der Waals surface area contributed by atoms with Crippen LogP contribution in [-0.4, -0.2) is 70.9 Å². The number of rotatable bonds is 16. The summed E-state index contributed by atoms with van der Waals surface area (Å²) < 4.78 is 0. The van der Waals surface area contributed by atoms with Gasteiger partial charge in [0.1, 0.15) is 18.1 Å². The van der Waals surface area contributed by atoms with Crippen molar-refractivity contribution in [1.29, 1.82) is 0 Å². The third-order valence-corrected chi connectivity index (χ3v) is 5.89. The number of aliphatic carboxylic acids is 1. The van der Waals surface area contributed by atoms with Crippen molar-refractivity contribution in [2.75, 3.05) is 12.0 Å². The van der Waals surface area contributed by atoms with Crippen LogP contribution in [0.25, 0.3) is 0 Å². The highest BCUT2D eigenvalue weighted by molar-refractivity contribution is 7.98. The Kier molecular flexibility index (Phi) is 13.6. The summed E-state index contributed by atoms with van der Waals surface area (Å²) in [6.07, 6.45) is 1.99. The fraction of sp³-hybridized carbons (Fsp3) is 0.542. The fourth-order valence-corrected chi connectivity index (χ4v) is 3.85. The van der Waals surface area contributed by atoms with Gasteiger partial charge in [0.15, 0.2) is 0 Å². The Hall–Kier alpha value is -3.12. The molecule has 0 aromatic heterocycles. The third kappa shape index (κ3) is 11.5. The summed E-state index contributed by atoms with van der Waals surface area (Å²) in [5.74, 6) is -3.57. The second-order valence-electron chi connectivity index (χ2n) is 8.90. The predicted octanol–water partition coefficient (Wildman–Crippen LogP) is -0.230. The van der Waals surface area contributed by atoms with E-state index in [1.165, 1.54) is 11.8 Å². The molecule has 4 unspecified atom stereocenters. The van der Waals surface area contributed by atoms with E-state index < -0.39 is 60.2 Å². The van der Waals surface area contributed by atoms with Crippen LogP contribution in [0.1, 0.15) is 38.7 Å². The Morgan fingerprint density at radius 2 is 1.47 bits per heavy atom. The van der Waals surface area contributed by atoms with Gasteiger partial charge in [-0.2, -0.15) is 11.8 Å². The van der Waals surface area contributed by atoms with Crippen LogP contribution in [0.15, 0.2) is 30.3 Å². The van der Waals surface area contributed by atoms with E-state index in [9.17, 15) is 29.1 Å². The first-order chi connectivity index (χ1) is 16.9. The quantitative estimate of drug-likeness (QED) is 0.171. The van der Waals surface area contributed by atoms with Crippen molar-refractivity contribution in [1.82, 2.24) is 16.0 Å². The van der Waals surface area contributed by atoms with E-state index in [4.69, 9.17) is 11.5 Å². The maximum absolute atomic E-state index is 13.0. The SMILES string of the molecule is CSCCC(N)C(=O)NC(CC(N)=O)C(=O)NC(CC(C)C)C(=O)NC(Cc1ccccc1)C(=O)O. The first-order valence-corrected chi connectivity index (χ1v) is 13.0. The van der Waals surface area contributed by atoms with Crippen molar-refractivity contribution in [2.24, 2.45) is 17.4 Å². The number of benzene rings is 1. The van der Waals surface area contributed by atoms with Gasteiger partial charge < -0.3 is 32.5 Å². The third-order valence-electron chi connectivity index (χ3n) is 5.25. The molecule has 11 nitrogen and oxygen atoms in total. The number of carbonyl (C=O) groups is 5. The molecule has 8 N–H and O–H groups in total. The van der Waals surface area contributed by atoms with E-state index >= 15 is 0 Å². The van der Waals surface area contributed by atoms with Gasteiger partial charge in [-0.25, -0.2) is 4.79 Å². The molecule has 0 saturated heterocycles. The Morgan fingerprint density at radius 3 is 2.00 bits per heavy atom. The lowest BCUT2D eigenvalue weighted by Crippen LogP contribution is -2.58. The summed E-state index contributed by atoms with van der Waals surface area (Å²) in [4.78, 5) is 61.7. The molecule has 4 amide bonds. The van der Waals surface area contributed by atoms with Crippen molar-refractivity contribution in [2.45, 2.75) is 63.7 Å². The summed E-state index contributed by atoms with van der Waals surface area (Å²) in [5, 5.41) is 17.1. The number of hydrogen-bond acceptors (Lipinski definition) is 7. The molecule has 0 aliphatic carbocycles. The van der Waals surface area contributed by atoms with Crippen LogP contribution in [0.4, 0.5) is 0 Å². The Morgan fingerprint density at radius 1 is 0.917 bits per heavy atom. The molecule has 1 aromatic carbocycles. The number of hydrogen-bond donors (Lipinski definition) is 6. The summed E-state index contributed by atoms with van der Waals surface area (Å²) in [5.41, 5.74) is 11.8. The van der Waals surface area contributed by atoms with Gasteiger partial charge in [0, 0.05) is 6.42 Å². The highest BCUT2D eigenvalue weighted by Gasteiger charge is 2.31. The molecule has 0 aliphatic heterocycles. The molecule has 36 heavy (non-hydrogen) atoms. The minimum atomic E-state index is -1.34. The Balaban J connectivity index is 2.98. The van der Waals surface area contributed by atoms with Gasteiger partial charge in [-0.1, -0.05) is 44.2 Å². The van der Waals surface area contributed by atoms with Crippen LogP contribution in [0.2, 0.25) is 0 Å². The molecule has 4 atom stereocenters. The molecule has 1 rings (SSSR count). The van der Waals surface area contributed by atoms with Gasteiger partial charge in [0.25, 0.3) is 0 Å². The minimum absolute atomic E-state index is 0.0393. The molecule has 200 valence electrons. The molecule has 0 bridgehead atoms. The zero-order valence-electron chi connectivity index (χ0n) is 20.9. The van der Waals surface area contributed by atoms with E-state index in [0.29, 0.717) is 12.2 Å². The van der Waals surface area contributed by atoms with Crippen molar-refractivity contribution in [3.05, 3.63) is 35.9 Å². The van der Waals surface area contributed by atoms with Crippen molar-refractivity contribution in [3.8, 4) is 0 Å². The van der Waals surface area contributed by atoms with Gasteiger partial charge in [0.2, 0.25) is 23.6 Å². The molecule has 0 heterocycles. The maximum atomic E-state index is 13.0. The average molecular weight is 524 g/mol. The standard InChI is InChI=1S/C24H37N5O6S/c1-14(2)11-17(22(32)29-19(24(34)35)12-15-7-5-4-6-8-15)28-23(33)18(13-20(26)30)27-21(31)16(25)9-10-36-3/h4-8,14,16-19H,9-13,25H2,1-3H3,(H2,26,30)(H,27,31)(H,28,33)(H,29,32)(H,34,35). The minimum Gasteiger partial charge on any atom is -0.480 e. The van der Waals surface area contributed by atoms with Gasteiger partial charge >= 0.3 is 5.97 Å². The van der Waals surface area contributed by atoms with Crippen LogP contribution in [0.3, 0.4) is 0 Å². The summed E-state index contributed by atoms with van der Waals surface area (Å²) >= 11 is 1.51. The number of thioether (sulfide) groups is 1. The lowest BCUT2D eigenvalue weighted by molar-refractivity contribution is -0.142. The first kappa shape index (κ1) is 30.9. The zero-order valence-corrected chi connectivity index (χ0v) is 21.7. The largest absolute Gasteiger partial charge is 0.480 e. The number of nitrogens with two attached hydrogens (primary N) is 2. The average Bonchev–Trinajstić information content (AvgIpc) is 2.80. The summed E-state index contributed by atoms with van der Waals surface area (Å²) in [6, 6.07) is 4.27. The Bertz CT molecular complexity index is 898. The zero-order chi connectivity index (χ0) is 27.3. The number of carboxylic acids is 1. The van der Waals surface area contributed by atoms with Gasteiger partial charge in [0.05, 0.1) is 12.5 Å². The maximum Gasteiger partial charge on any atom is 0.326 e. The van der Waals surface area contributed by atoms with Crippen LogP contribution >= 0.6 is 11.8 Å². The summed E-state index contributed by atoms with van der Waals surface area (Å²) in [7, 11) is 0. The topological polar surface area (TPSA) is 194 Å². The molecule has 1 aromatic rings. The van der Waals surface area contributed by atoms with Crippen LogP contribution in [0, 0.1) is 5.92 Å². The van der Waals surface area contributed by atoms with Crippen LogP contribution in [-0.2, 0) is 30.4 Å². The van der Waals surface area contributed by atoms with Crippen molar-refractivity contribution in [3.63, 3.8) is 0 Å². The van der Waals surface area contributed by atoms with Gasteiger partial charge in [-0.15, -0.1) is 0 Å². The molecule has 0 fully saturated rings. The number of carboxylic acid groups (broad SMARTS) is 1. The highest BCUT2D eigenvalue weighted by atomic mass is 32.2. The van der Waals surface area contributed by atoms with Crippen LogP contribution in [0.5, 0.6) is 0 Å². The van der Waals surface area contributed by atoms with Crippen molar-refractivity contribution < 1.29 is 29.1 Å². The van der Waals surface area contributed by atoms with Crippen molar-refractivity contribution >= 4 is 41.4 Å². The second kappa shape index (κ2) is 15.8. The molecule has 0 aliphatic rings. The van der Waals surface area contributed by atoms with E-state index in [-0.39, 0.29) is 18.8 Å². The monoisotopic (exact) mass is 523 g/mol. The highest BCUT2D eigenvalue weighted by Crippen LogP contribution is 2.09. The lowest BCUT2D eigenvalue weighted by atomic mass is 10.0. The smallest absolute Gasteiger partial charge is 0.326 e. The molecular formula is C24H37N5O6S. The summed E-state index contributed by atoms with van der Waals surface area (Å²) in [6.45, 7) is 3.66. The molecule has 12 heteroatoms. The second-order valence-corrected chi connectivity index (χ2v) is 9.89. The van der Waals surface area contributed by atoms with E-state index in [1.54, 1.807) is 30.3 Å². The first-order valence-electron chi connectivity index (χ1n) is 11.6. The van der Waals surface area contributed by atoms with E-state index in [1.807, 2.05) is 20.1 Å². The number of carbonyl (C=O) groups excluding carboxylic acids is 4. The molecule has 0 radical (unpaired) electrons. The van der Waals surface area contributed by atoms with Crippen LogP contribution < -0.4 is 27.4 Å². The van der Waals surface area contributed by atoms with E-state index in [2.05, 4.69) is 16.0 Å². The lowest BCUT2D eigenvalue weighted by Gasteiger charge is -2.25. The number of nitrogens with one attached hydrogen (secondary N) is 3. The molecule has 0 saturated carbocycles. The molecule has 0 spiro atoms. The fourth-order valence-electron chi connectivity index (χ4n) is 3.36. The normalized spacial score (nSPS) is 14.2. The van der Waals surface area contributed by atoms with E-state index in [0.717, 1.165) is 5.56 Å². The number of primary amides is 1.